The molecule has 0 saturated heterocycles. The van der Waals surface area contributed by atoms with Gasteiger partial charge in [0.25, 0.3) is 5.91 Å². The minimum Gasteiger partial charge on any atom is -0.489 e. The maximum absolute atomic E-state index is 12.1. The number of rotatable bonds is 8. The van der Waals surface area contributed by atoms with Crippen molar-refractivity contribution in [3.8, 4) is 5.75 Å². The van der Waals surface area contributed by atoms with Gasteiger partial charge in [-0.2, -0.15) is 0 Å². The highest BCUT2D eigenvalue weighted by Crippen LogP contribution is 2.15. The number of methoxy groups -OCH3 is 1. The van der Waals surface area contributed by atoms with Gasteiger partial charge in [-0.05, 0) is 37.1 Å². The molecule has 2 aromatic rings. The lowest BCUT2D eigenvalue weighted by molar-refractivity contribution is 0.0948. The average molecular weight is 313 g/mol. The third kappa shape index (κ3) is 5.75. The predicted molar refractivity (Wildman–Crippen MR) is 90.8 cm³/mol. The Balaban J connectivity index is 1.90. The molecule has 1 N–H and O–H groups in total. The van der Waals surface area contributed by atoms with Crippen LogP contribution in [0.2, 0.25) is 0 Å². The van der Waals surface area contributed by atoms with Crippen LogP contribution in [0.4, 0.5) is 0 Å². The van der Waals surface area contributed by atoms with Gasteiger partial charge in [0.15, 0.2) is 0 Å². The summed E-state index contributed by atoms with van der Waals surface area (Å²) in [4.78, 5) is 12.1. The molecule has 0 aliphatic carbocycles. The predicted octanol–water partition coefficient (Wildman–Crippen LogP) is 3.34. The van der Waals surface area contributed by atoms with E-state index in [1.165, 1.54) is 5.56 Å². The van der Waals surface area contributed by atoms with Crippen LogP contribution in [0.5, 0.6) is 5.75 Å². The molecule has 0 spiro atoms. The topological polar surface area (TPSA) is 47.6 Å². The minimum absolute atomic E-state index is 0.0953. The molecule has 0 saturated carbocycles. The molecule has 0 fully saturated rings. The maximum atomic E-state index is 12.1. The largest absolute Gasteiger partial charge is 0.489 e. The SMILES string of the molecule is COCCCNC(=O)c1cccc(OCc2cccc(C)c2)c1. The van der Waals surface area contributed by atoms with E-state index < -0.39 is 0 Å². The second-order valence-corrected chi connectivity index (χ2v) is 5.41. The first kappa shape index (κ1) is 17.0. The highest BCUT2D eigenvalue weighted by atomic mass is 16.5. The molecule has 4 nitrogen and oxygen atoms in total. The summed E-state index contributed by atoms with van der Waals surface area (Å²) in [6.07, 6.45) is 0.797. The lowest BCUT2D eigenvalue weighted by Gasteiger charge is -2.09. The van der Waals surface area contributed by atoms with E-state index in [4.69, 9.17) is 9.47 Å². The molecule has 4 heteroatoms. The van der Waals surface area contributed by atoms with Gasteiger partial charge < -0.3 is 14.8 Å². The molecule has 0 atom stereocenters. The zero-order valence-electron chi connectivity index (χ0n) is 13.7. The number of benzene rings is 2. The van der Waals surface area contributed by atoms with Gasteiger partial charge in [-0.25, -0.2) is 0 Å². The molecule has 122 valence electrons. The summed E-state index contributed by atoms with van der Waals surface area (Å²) in [7, 11) is 1.65. The molecule has 1 amide bonds. The smallest absolute Gasteiger partial charge is 0.251 e. The van der Waals surface area contributed by atoms with Gasteiger partial charge in [-0.1, -0.05) is 35.9 Å². The average Bonchev–Trinajstić information content (AvgIpc) is 2.57. The lowest BCUT2D eigenvalue weighted by atomic mass is 10.1. The van der Waals surface area contributed by atoms with Crippen LogP contribution in [-0.4, -0.2) is 26.2 Å². The summed E-state index contributed by atoms with van der Waals surface area (Å²) in [5.74, 6) is 0.596. The van der Waals surface area contributed by atoms with Crippen molar-refractivity contribution in [2.24, 2.45) is 0 Å². The second-order valence-electron chi connectivity index (χ2n) is 5.41. The first-order valence-electron chi connectivity index (χ1n) is 7.74. The molecule has 0 aliphatic rings. The van der Waals surface area contributed by atoms with E-state index in [0.717, 1.165) is 12.0 Å². The van der Waals surface area contributed by atoms with Gasteiger partial charge in [-0.15, -0.1) is 0 Å². The van der Waals surface area contributed by atoms with Gasteiger partial charge >= 0.3 is 0 Å². The Bertz CT molecular complexity index is 640. The molecule has 2 aromatic carbocycles. The van der Waals surface area contributed by atoms with Gasteiger partial charge in [0, 0.05) is 25.8 Å². The fraction of sp³-hybridized carbons (Fsp3) is 0.316. The monoisotopic (exact) mass is 313 g/mol. The van der Waals surface area contributed by atoms with Crippen molar-refractivity contribution >= 4 is 5.91 Å². The molecule has 0 unspecified atom stereocenters. The van der Waals surface area contributed by atoms with Crippen molar-refractivity contribution in [3.63, 3.8) is 0 Å². The van der Waals surface area contributed by atoms with Crippen LogP contribution in [0, 0.1) is 6.92 Å². The summed E-state index contributed by atoms with van der Waals surface area (Å²) in [6.45, 7) is 3.78. The van der Waals surface area contributed by atoms with Gasteiger partial charge in [0.05, 0.1) is 0 Å². The Labute approximate surface area is 137 Å². The Morgan fingerprint density at radius 1 is 1.13 bits per heavy atom. The minimum atomic E-state index is -0.0953. The normalized spacial score (nSPS) is 10.3. The number of amides is 1. The van der Waals surface area contributed by atoms with E-state index in [-0.39, 0.29) is 5.91 Å². The molecule has 0 aromatic heterocycles. The quantitative estimate of drug-likeness (QED) is 0.760. The van der Waals surface area contributed by atoms with Crippen molar-refractivity contribution in [3.05, 3.63) is 65.2 Å². The summed E-state index contributed by atoms with van der Waals surface area (Å²) in [6, 6.07) is 15.4. The van der Waals surface area contributed by atoms with Crippen molar-refractivity contribution < 1.29 is 14.3 Å². The number of carbonyl (C=O) groups is 1. The van der Waals surface area contributed by atoms with E-state index in [2.05, 4.69) is 24.4 Å². The highest BCUT2D eigenvalue weighted by molar-refractivity contribution is 5.94. The molecule has 0 bridgehead atoms. The Morgan fingerprint density at radius 3 is 2.74 bits per heavy atom. The van der Waals surface area contributed by atoms with E-state index in [0.29, 0.717) is 31.1 Å². The van der Waals surface area contributed by atoms with Crippen molar-refractivity contribution in [1.82, 2.24) is 5.32 Å². The van der Waals surface area contributed by atoms with E-state index >= 15 is 0 Å². The van der Waals surface area contributed by atoms with Crippen LogP contribution in [0.1, 0.15) is 27.9 Å². The Kier molecular flexibility index (Phi) is 6.63. The fourth-order valence-electron chi connectivity index (χ4n) is 2.22. The summed E-state index contributed by atoms with van der Waals surface area (Å²) in [5.41, 5.74) is 2.92. The zero-order valence-corrected chi connectivity index (χ0v) is 13.7. The standard InChI is InChI=1S/C19H23NO3/c1-15-6-3-7-16(12-15)14-23-18-9-4-8-17(13-18)19(21)20-10-5-11-22-2/h3-4,6-9,12-13H,5,10-11,14H2,1-2H3,(H,20,21). The number of hydrogen-bond acceptors (Lipinski definition) is 3. The van der Waals surface area contributed by atoms with Crippen LogP contribution < -0.4 is 10.1 Å². The van der Waals surface area contributed by atoms with Crippen LogP contribution in [0.15, 0.2) is 48.5 Å². The molecule has 0 aliphatic heterocycles. The summed E-state index contributed by atoms with van der Waals surface area (Å²) in [5, 5.41) is 2.87. The first-order chi connectivity index (χ1) is 11.2. The molecule has 23 heavy (non-hydrogen) atoms. The summed E-state index contributed by atoms with van der Waals surface area (Å²) < 4.78 is 10.7. The van der Waals surface area contributed by atoms with E-state index in [1.807, 2.05) is 24.3 Å². The maximum Gasteiger partial charge on any atom is 0.251 e. The first-order valence-corrected chi connectivity index (χ1v) is 7.74. The van der Waals surface area contributed by atoms with Gasteiger partial charge in [-0.3, -0.25) is 4.79 Å². The van der Waals surface area contributed by atoms with Crippen LogP contribution in [-0.2, 0) is 11.3 Å². The Morgan fingerprint density at radius 2 is 1.96 bits per heavy atom. The zero-order chi connectivity index (χ0) is 16.5. The van der Waals surface area contributed by atoms with Gasteiger partial charge in [0.2, 0.25) is 0 Å². The van der Waals surface area contributed by atoms with E-state index in [9.17, 15) is 4.79 Å². The fourth-order valence-corrected chi connectivity index (χ4v) is 2.22. The molecule has 0 heterocycles. The third-order valence-corrected chi connectivity index (χ3v) is 3.40. The summed E-state index contributed by atoms with van der Waals surface area (Å²) >= 11 is 0. The number of carbonyl (C=O) groups excluding carboxylic acids is 1. The van der Waals surface area contributed by atoms with Crippen molar-refractivity contribution in [2.75, 3.05) is 20.3 Å². The second kappa shape index (κ2) is 8.96. The third-order valence-electron chi connectivity index (χ3n) is 3.40. The number of ether oxygens (including phenoxy) is 2. The Hall–Kier alpha value is -2.33. The molecule has 2 rings (SSSR count). The van der Waals surface area contributed by atoms with E-state index in [1.54, 1.807) is 19.2 Å². The van der Waals surface area contributed by atoms with Crippen LogP contribution >= 0.6 is 0 Å². The number of aryl methyl sites for hydroxylation is 1. The lowest BCUT2D eigenvalue weighted by Crippen LogP contribution is -2.25. The molecule has 0 radical (unpaired) electrons. The molecular formula is C19H23NO3. The van der Waals surface area contributed by atoms with Crippen molar-refractivity contribution in [1.29, 1.82) is 0 Å². The van der Waals surface area contributed by atoms with Crippen molar-refractivity contribution in [2.45, 2.75) is 20.0 Å². The molecular weight excluding hydrogens is 290 g/mol. The van der Waals surface area contributed by atoms with Crippen LogP contribution in [0.25, 0.3) is 0 Å². The highest BCUT2D eigenvalue weighted by Gasteiger charge is 2.06. The number of nitrogens with one attached hydrogen (secondary N) is 1. The van der Waals surface area contributed by atoms with Gasteiger partial charge in [0.1, 0.15) is 12.4 Å². The van der Waals surface area contributed by atoms with Crippen LogP contribution in [0.3, 0.4) is 0 Å². The number of hydrogen-bond donors (Lipinski definition) is 1.